The van der Waals surface area contributed by atoms with E-state index in [9.17, 15) is 26.2 Å². The van der Waals surface area contributed by atoms with Crippen molar-refractivity contribution < 1.29 is 26.2 Å². The van der Waals surface area contributed by atoms with Crippen molar-refractivity contribution in [3.05, 3.63) is 11.5 Å². The van der Waals surface area contributed by atoms with Crippen LogP contribution in [0.1, 0.15) is 6.92 Å². The Morgan fingerprint density at radius 3 is 1.83 bits per heavy atom. The van der Waals surface area contributed by atoms with Crippen LogP contribution in [0.5, 0.6) is 0 Å². The quantitative estimate of drug-likeness (QED) is 0.637. The predicted molar refractivity (Wildman–Crippen MR) is 34.0 cm³/mol. The topological polar surface area (TPSA) is 17.1 Å². The summed E-state index contributed by atoms with van der Waals surface area (Å²) >= 11 is 0. The fraction of sp³-hybridized carbons (Fsp3) is 0.600. The fourth-order valence-corrected chi connectivity index (χ4v) is 0.775. The maximum Gasteiger partial charge on any atom is 0.410 e. The lowest BCUT2D eigenvalue weighted by atomic mass is 10.6. The van der Waals surface area contributed by atoms with Gasteiger partial charge in [-0.2, -0.15) is 22.0 Å². The van der Waals surface area contributed by atoms with Crippen molar-refractivity contribution in [3.63, 3.8) is 0 Å². The van der Waals surface area contributed by atoms with Crippen LogP contribution < -0.4 is 0 Å². The maximum atomic E-state index is 12.0. The number of halogens is 5. The Bertz CT molecular complexity index is 201. The zero-order valence-electron chi connectivity index (χ0n) is 5.86. The standard InChI is InChI=1S/C5H5F5OS/c1-4(6,7)12(11)3-2-5(8,9)10/h2-3H,1H3. The van der Waals surface area contributed by atoms with Crippen molar-refractivity contribution in [2.45, 2.75) is 18.4 Å². The van der Waals surface area contributed by atoms with Crippen LogP contribution >= 0.6 is 0 Å². The molecule has 0 aliphatic heterocycles. The molecule has 0 fully saturated rings. The Morgan fingerprint density at radius 2 is 1.58 bits per heavy atom. The van der Waals surface area contributed by atoms with Crippen molar-refractivity contribution in [3.8, 4) is 0 Å². The molecule has 1 atom stereocenters. The molecule has 0 radical (unpaired) electrons. The molecule has 0 aromatic carbocycles. The summed E-state index contributed by atoms with van der Waals surface area (Å²) in [5, 5.41) is -3.71. The minimum absolute atomic E-state index is 0.0694. The summed E-state index contributed by atoms with van der Waals surface area (Å²) in [4.78, 5) is 0. The largest absolute Gasteiger partial charge is 0.410 e. The van der Waals surface area contributed by atoms with Crippen LogP contribution in [0.2, 0.25) is 0 Å². The van der Waals surface area contributed by atoms with Crippen LogP contribution in [0.3, 0.4) is 0 Å². The van der Waals surface area contributed by atoms with E-state index in [-0.39, 0.29) is 12.3 Å². The van der Waals surface area contributed by atoms with Crippen molar-refractivity contribution in [1.82, 2.24) is 0 Å². The molecule has 0 spiro atoms. The molecule has 0 amide bonds. The first-order chi connectivity index (χ1) is 5.13. The number of hydrogen-bond donors (Lipinski definition) is 0. The Morgan fingerprint density at radius 1 is 1.17 bits per heavy atom. The summed E-state index contributed by atoms with van der Waals surface area (Å²) in [6.07, 6.45) is -5.18. The SMILES string of the molecule is CC(F)(F)S(=O)C=CC(F)(F)F. The minimum Gasteiger partial charge on any atom is -0.249 e. The molecule has 0 aromatic rings. The third-order valence-corrected chi connectivity index (χ3v) is 1.82. The average Bonchev–Trinajstić information content (AvgIpc) is 1.78. The van der Waals surface area contributed by atoms with Gasteiger partial charge in [-0.15, -0.1) is 0 Å². The first-order valence-electron chi connectivity index (χ1n) is 2.67. The van der Waals surface area contributed by atoms with Gasteiger partial charge < -0.3 is 0 Å². The molecule has 0 rings (SSSR count). The first kappa shape index (κ1) is 11.5. The molecule has 12 heavy (non-hydrogen) atoms. The van der Waals surface area contributed by atoms with Crippen LogP contribution in [0, 0.1) is 0 Å². The minimum atomic E-state index is -4.71. The van der Waals surface area contributed by atoms with Crippen molar-refractivity contribution >= 4 is 10.8 Å². The van der Waals surface area contributed by atoms with Crippen molar-refractivity contribution in [2.24, 2.45) is 0 Å². The van der Waals surface area contributed by atoms with E-state index in [2.05, 4.69) is 0 Å². The second-order valence-corrected chi connectivity index (χ2v) is 3.53. The lowest BCUT2D eigenvalue weighted by molar-refractivity contribution is -0.0796. The lowest BCUT2D eigenvalue weighted by Gasteiger charge is -2.05. The van der Waals surface area contributed by atoms with E-state index < -0.39 is 28.3 Å². The molecule has 0 aromatic heterocycles. The van der Waals surface area contributed by atoms with E-state index >= 15 is 0 Å². The molecule has 1 unspecified atom stereocenters. The second kappa shape index (κ2) is 3.51. The average molecular weight is 208 g/mol. The highest BCUT2D eigenvalue weighted by Crippen LogP contribution is 2.21. The summed E-state index contributed by atoms with van der Waals surface area (Å²) < 4.78 is 68.2. The molecule has 0 heterocycles. The molecular formula is C5H5F5OS. The Kier molecular flexibility index (Phi) is 3.37. The number of rotatable bonds is 2. The summed E-state index contributed by atoms with van der Waals surface area (Å²) in [7, 11) is -2.92. The highest BCUT2D eigenvalue weighted by atomic mass is 32.2. The molecule has 72 valence electrons. The van der Waals surface area contributed by atoms with Crippen LogP contribution in [0.25, 0.3) is 0 Å². The van der Waals surface area contributed by atoms with Gasteiger partial charge in [0.05, 0.1) is 0 Å². The summed E-state index contributed by atoms with van der Waals surface area (Å²) in [5.41, 5.74) is 0. The van der Waals surface area contributed by atoms with Gasteiger partial charge in [0.15, 0.2) is 0 Å². The Hall–Kier alpha value is -0.460. The fourth-order valence-electron chi connectivity index (χ4n) is 0.258. The lowest BCUT2D eigenvalue weighted by Crippen LogP contribution is -2.16. The van der Waals surface area contributed by atoms with Gasteiger partial charge in [0.1, 0.15) is 10.8 Å². The van der Waals surface area contributed by atoms with E-state index in [1.54, 1.807) is 0 Å². The molecule has 0 N–H and O–H groups in total. The zero-order chi connectivity index (χ0) is 9.99. The highest BCUT2D eigenvalue weighted by molar-refractivity contribution is 7.89. The van der Waals surface area contributed by atoms with Gasteiger partial charge in [0.25, 0.3) is 0 Å². The Balaban J connectivity index is 4.30. The summed E-state index contributed by atoms with van der Waals surface area (Å²) in [5.74, 6) is 0. The molecule has 0 aliphatic rings. The molecule has 0 aliphatic carbocycles. The third-order valence-electron chi connectivity index (χ3n) is 0.734. The normalized spacial score (nSPS) is 16.8. The van der Waals surface area contributed by atoms with Crippen LogP contribution in [0.4, 0.5) is 22.0 Å². The maximum absolute atomic E-state index is 12.0. The highest BCUT2D eigenvalue weighted by Gasteiger charge is 2.30. The summed E-state index contributed by atoms with van der Waals surface area (Å²) in [6, 6.07) is 0. The smallest absolute Gasteiger partial charge is 0.249 e. The molecule has 0 saturated carbocycles. The molecular weight excluding hydrogens is 203 g/mol. The van der Waals surface area contributed by atoms with Gasteiger partial charge >= 0.3 is 11.4 Å². The molecule has 0 bridgehead atoms. The van der Waals surface area contributed by atoms with E-state index in [4.69, 9.17) is 0 Å². The number of alkyl halides is 5. The first-order valence-corrected chi connectivity index (χ1v) is 3.89. The predicted octanol–water partition coefficient (Wildman–Crippen LogP) is 2.42. The van der Waals surface area contributed by atoms with E-state index in [1.165, 1.54) is 0 Å². The van der Waals surface area contributed by atoms with Crippen LogP contribution in [0.15, 0.2) is 11.5 Å². The monoisotopic (exact) mass is 208 g/mol. The second-order valence-electron chi connectivity index (χ2n) is 1.95. The van der Waals surface area contributed by atoms with E-state index in [1.807, 2.05) is 0 Å². The molecule has 7 heteroatoms. The van der Waals surface area contributed by atoms with Crippen molar-refractivity contribution in [1.29, 1.82) is 0 Å². The number of allylic oxidation sites excluding steroid dienone is 1. The van der Waals surface area contributed by atoms with E-state index in [0.717, 1.165) is 0 Å². The number of hydrogen-bond acceptors (Lipinski definition) is 1. The van der Waals surface area contributed by atoms with Gasteiger partial charge in [-0.25, -0.2) is 4.21 Å². The zero-order valence-corrected chi connectivity index (χ0v) is 6.68. The van der Waals surface area contributed by atoms with E-state index in [0.29, 0.717) is 0 Å². The van der Waals surface area contributed by atoms with Gasteiger partial charge in [-0.05, 0) is 0 Å². The van der Waals surface area contributed by atoms with Crippen molar-refractivity contribution in [2.75, 3.05) is 0 Å². The third kappa shape index (κ3) is 5.22. The summed E-state index contributed by atoms with van der Waals surface area (Å²) in [6.45, 7) is 0.282. The van der Waals surface area contributed by atoms with Gasteiger partial charge in [0, 0.05) is 18.4 Å². The van der Waals surface area contributed by atoms with Gasteiger partial charge in [0.2, 0.25) is 0 Å². The molecule has 1 nitrogen and oxygen atoms in total. The Labute approximate surface area is 67.7 Å². The van der Waals surface area contributed by atoms with Gasteiger partial charge in [-0.3, -0.25) is 0 Å². The molecule has 0 saturated heterocycles. The van der Waals surface area contributed by atoms with Crippen LogP contribution in [-0.2, 0) is 10.8 Å². The van der Waals surface area contributed by atoms with Gasteiger partial charge in [-0.1, -0.05) is 0 Å². The van der Waals surface area contributed by atoms with Crippen LogP contribution in [-0.4, -0.2) is 15.6 Å².